The van der Waals surface area contributed by atoms with Gasteiger partial charge in [-0.2, -0.15) is 0 Å². The molecule has 0 aliphatic heterocycles. The Balaban J connectivity index is 2.55. The molecule has 1 aromatic heterocycles. The molecule has 0 radical (unpaired) electrons. The van der Waals surface area contributed by atoms with Crippen LogP contribution in [0.1, 0.15) is 20.8 Å². The van der Waals surface area contributed by atoms with Crippen LogP contribution < -0.4 is 4.74 Å². The molecule has 0 saturated carbocycles. The van der Waals surface area contributed by atoms with Gasteiger partial charge in [-0.3, -0.25) is 0 Å². The summed E-state index contributed by atoms with van der Waals surface area (Å²) in [5.74, 6) is 0.858. The second-order valence-electron chi connectivity index (χ2n) is 4.16. The van der Waals surface area contributed by atoms with Crippen LogP contribution in [0, 0.1) is 5.41 Å². The van der Waals surface area contributed by atoms with E-state index in [2.05, 4.69) is 41.7 Å². The molecule has 0 aliphatic carbocycles. The van der Waals surface area contributed by atoms with Crippen LogP contribution >= 0.6 is 15.9 Å². The molecule has 3 heteroatoms. The van der Waals surface area contributed by atoms with Gasteiger partial charge in [0.05, 0.1) is 6.61 Å². The highest BCUT2D eigenvalue weighted by Gasteiger charge is 2.10. The lowest BCUT2D eigenvalue weighted by Crippen LogP contribution is -2.16. The third-order valence-electron chi connectivity index (χ3n) is 1.37. The van der Waals surface area contributed by atoms with Gasteiger partial charge in [-0.25, -0.2) is 4.98 Å². The molecule has 0 fully saturated rings. The third-order valence-corrected chi connectivity index (χ3v) is 1.80. The first-order valence-electron chi connectivity index (χ1n) is 4.22. The Bertz CT molecular complexity index is 280. The Morgan fingerprint density at radius 3 is 2.69 bits per heavy atom. The number of pyridine rings is 1. The molecule has 0 N–H and O–H groups in total. The minimum absolute atomic E-state index is 0.190. The summed E-state index contributed by atoms with van der Waals surface area (Å²) in [4.78, 5) is 4.02. The molecule has 1 heterocycles. The molecule has 0 atom stereocenters. The van der Waals surface area contributed by atoms with Crippen molar-refractivity contribution in [2.75, 3.05) is 6.61 Å². The van der Waals surface area contributed by atoms with Gasteiger partial charge >= 0.3 is 0 Å². The molecular weight excluding hydrogens is 230 g/mol. The molecule has 1 aromatic rings. The van der Waals surface area contributed by atoms with E-state index < -0.39 is 0 Å². The van der Waals surface area contributed by atoms with Crippen molar-refractivity contribution in [1.29, 1.82) is 0 Å². The number of aromatic nitrogens is 1. The van der Waals surface area contributed by atoms with Crippen molar-refractivity contribution in [2.24, 2.45) is 5.41 Å². The van der Waals surface area contributed by atoms with Crippen molar-refractivity contribution >= 4 is 15.9 Å². The second-order valence-corrected chi connectivity index (χ2v) is 4.98. The van der Waals surface area contributed by atoms with Crippen LogP contribution in [-0.4, -0.2) is 11.6 Å². The van der Waals surface area contributed by atoms with E-state index in [-0.39, 0.29) is 5.41 Å². The fourth-order valence-electron chi connectivity index (χ4n) is 0.774. The maximum Gasteiger partial charge on any atom is 0.123 e. The summed E-state index contributed by atoms with van der Waals surface area (Å²) in [6.07, 6.45) is 1.72. The van der Waals surface area contributed by atoms with Crippen molar-refractivity contribution in [3.05, 3.63) is 22.9 Å². The first kappa shape index (κ1) is 10.5. The second kappa shape index (κ2) is 4.09. The summed E-state index contributed by atoms with van der Waals surface area (Å²) in [6.45, 7) is 7.14. The summed E-state index contributed by atoms with van der Waals surface area (Å²) < 4.78 is 6.39. The molecule has 13 heavy (non-hydrogen) atoms. The first-order valence-corrected chi connectivity index (χ1v) is 5.01. The average molecular weight is 244 g/mol. The summed E-state index contributed by atoms with van der Waals surface area (Å²) >= 11 is 3.29. The predicted octanol–water partition coefficient (Wildman–Crippen LogP) is 3.27. The number of nitrogens with zero attached hydrogens (tertiary/aromatic N) is 1. The summed E-state index contributed by atoms with van der Waals surface area (Å²) in [5, 5.41) is 0. The van der Waals surface area contributed by atoms with Gasteiger partial charge in [0.25, 0.3) is 0 Å². The van der Waals surface area contributed by atoms with Gasteiger partial charge < -0.3 is 4.74 Å². The highest BCUT2D eigenvalue weighted by Crippen LogP contribution is 2.19. The zero-order valence-electron chi connectivity index (χ0n) is 8.17. The van der Waals surface area contributed by atoms with Gasteiger partial charge in [0.15, 0.2) is 0 Å². The Kier molecular flexibility index (Phi) is 3.31. The topological polar surface area (TPSA) is 22.1 Å². The fourth-order valence-corrected chi connectivity index (χ4v) is 1.12. The molecule has 0 unspecified atom stereocenters. The highest BCUT2D eigenvalue weighted by atomic mass is 79.9. The Morgan fingerprint density at radius 2 is 2.15 bits per heavy atom. The van der Waals surface area contributed by atoms with Gasteiger partial charge in [0.2, 0.25) is 0 Å². The van der Waals surface area contributed by atoms with Gasteiger partial charge in [-0.1, -0.05) is 20.8 Å². The molecule has 0 bridgehead atoms. The average Bonchev–Trinajstić information content (AvgIpc) is 2.00. The first-order chi connectivity index (χ1) is 5.97. The Labute approximate surface area is 87.5 Å². The van der Waals surface area contributed by atoms with Gasteiger partial charge in [0, 0.05) is 12.3 Å². The van der Waals surface area contributed by atoms with Crippen LogP contribution in [-0.2, 0) is 0 Å². The minimum atomic E-state index is 0.190. The van der Waals surface area contributed by atoms with E-state index in [0.29, 0.717) is 6.61 Å². The summed E-state index contributed by atoms with van der Waals surface area (Å²) in [7, 11) is 0. The number of hydrogen-bond acceptors (Lipinski definition) is 2. The van der Waals surface area contributed by atoms with E-state index in [1.807, 2.05) is 12.1 Å². The van der Waals surface area contributed by atoms with E-state index in [0.717, 1.165) is 10.4 Å². The molecule has 0 spiro atoms. The molecule has 0 saturated heterocycles. The maximum atomic E-state index is 5.58. The molecule has 72 valence electrons. The van der Waals surface area contributed by atoms with E-state index in [1.165, 1.54) is 0 Å². The number of rotatable bonds is 2. The lowest BCUT2D eigenvalue weighted by Gasteiger charge is -2.18. The standard InChI is InChI=1S/C10H14BrNO/c1-10(2,3)7-13-8-4-5-12-9(11)6-8/h4-6H,7H2,1-3H3. The quantitative estimate of drug-likeness (QED) is 0.745. The zero-order valence-corrected chi connectivity index (χ0v) is 9.76. The summed E-state index contributed by atoms with van der Waals surface area (Å²) in [6, 6.07) is 3.72. The van der Waals surface area contributed by atoms with Crippen molar-refractivity contribution in [2.45, 2.75) is 20.8 Å². The molecular formula is C10H14BrNO. The number of hydrogen-bond donors (Lipinski definition) is 0. The summed E-state index contributed by atoms with van der Waals surface area (Å²) in [5.41, 5.74) is 0.190. The molecule has 0 amide bonds. The van der Waals surface area contributed by atoms with Crippen LogP contribution in [0.3, 0.4) is 0 Å². The number of halogens is 1. The van der Waals surface area contributed by atoms with Crippen LogP contribution in [0.2, 0.25) is 0 Å². The van der Waals surface area contributed by atoms with Crippen molar-refractivity contribution in [3.63, 3.8) is 0 Å². The molecule has 2 nitrogen and oxygen atoms in total. The van der Waals surface area contributed by atoms with Crippen molar-refractivity contribution < 1.29 is 4.74 Å². The van der Waals surface area contributed by atoms with Gasteiger partial charge in [-0.15, -0.1) is 0 Å². The van der Waals surface area contributed by atoms with Crippen molar-refractivity contribution in [1.82, 2.24) is 4.98 Å². The maximum absolute atomic E-state index is 5.58. The fraction of sp³-hybridized carbons (Fsp3) is 0.500. The number of ether oxygens (including phenoxy) is 1. The third kappa shape index (κ3) is 4.27. The van der Waals surface area contributed by atoms with E-state index >= 15 is 0 Å². The van der Waals surface area contributed by atoms with Crippen LogP contribution in [0.25, 0.3) is 0 Å². The van der Waals surface area contributed by atoms with Crippen LogP contribution in [0.15, 0.2) is 22.9 Å². The van der Waals surface area contributed by atoms with Crippen LogP contribution in [0.5, 0.6) is 5.75 Å². The molecule has 0 aromatic carbocycles. The lowest BCUT2D eigenvalue weighted by atomic mass is 9.99. The Morgan fingerprint density at radius 1 is 1.46 bits per heavy atom. The van der Waals surface area contributed by atoms with Gasteiger partial charge in [-0.05, 0) is 27.4 Å². The smallest absolute Gasteiger partial charge is 0.123 e. The van der Waals surface area contributed by atoms with E-state index in [4.69, 9.17) is 4.74 Å². The minimum Gasteiger partial charge on any atom is -0.493 e. The molecule has 0 aliphatic rings. The van der Waals surface area contributed by atoms with E-state index in [1.54, 1.807) is 6.20 Å². The largest absolute Gasteiger partial charge is 0.493 e. The highest BCUT2D eigenvalue weighted by molar-refractivity contribution is 9.10. The molecule has 1 rings (SSSR count). The Hall–Kier alpha value is -0.570. The van der Waals surface area contributed by atoms with Gasteiger partial charge in [0.1, 0.15) is 10.4 Å². The van der Waals surface area contributed by atoms with Crippen molar-refractivity contribution in [3.8, 4) is 5.75 Å². The normalized spacial score (nSPS) is 11.4. The predicted molar refractivity (Wildman–Crippen MR) is 56.9 cm³/mol. The SMILES string of the molecule is CC(C)(C)COc1ccnc(Br)c1. The van der Waals surface area contributed by atoms with Crippen LogP contribution in [0.4, 0.5) is 0 Å². The van der Waals surface area contributed by atoms with E-state index in [9.17, 15) is 0 Å². The zero-order chi connectivity index (χ0) is 9.90. The monoisotopic (exact) mass is 243 g/mol. The lowest BCUT2D eigenvalue weighted by molar-refractivity contribution is 0.197.